The molecule has 1 saturated heterocycles. The molecule has 1 aliphatic rings. The van der Waals surface area contributed by atoms with E-state index < -0.39 is 0 Å². The Morgan fingerprint density at radius 1 is 1.29 bits per heavy atom. The maximum absolute atomic E-state index is 3.51. The average molecular weight is 253 g/mol. The fourth-order valence-electron chi connectivity index (χ4n) is 2.14. The van der Waals surface area contributed by atoms with Crippen molar-refractivity contribution in [1.82, 2.24) is 15.5 Å². The van der Waals surface area contributed by atoms with Crippen molar-refractivity contribution in [3.05, 3.63) is 22.4 Å². The van der Waals surface area contributed by atoms with E-state index in [0.29, 0.717) is 0 Å². The van der Waals surface area contributed by atoms with Crippen molar-refractivity contribution in [2.45, 2.75) is 19.4 Å². The smallest absolute Gasteiger partial charge is 0.0299 e. The number of nitrogens with one attached hydrogen (secondary N) is 2. The van der Waals surface area contributed by atoms with Gasteiger partial charge in [0, 0.05) is 37.6 Å². The van der Waals surface area contributed by atoms with E-state index in [9.17, 15) is 0 Å². The van der Waals surface area contributed by atoms with E-state index in [1.807, 2.05) is 11.3 Å². The Bertz CT molecular complexity index is 281. The summed E-state index contributed by atoms with van der Waals surface area (Å²) < 4.78 is 0. The summed E-state index contributed by atoms with van der Waals surface area (Å²) in [5, 5.41) is 9.03. The lowest BCUT2D eigenvalue weighted by molar-refractivity contribution is 0.236. The Kier molecular flexibility index (Phi) is 5.99. The summed E-state index contributed by atoms with van der Waals surface area (Å²) >= 11 is 1.83. The van der Waals surface area contributed by atoms with Crippen LogP contribution in [0.3, 0.4) is 0 Å². The van der Waals surface area contributed by atoms with Gasteiger partial charge in [-0.3, -0.25) is 0 Å². The van der Waals surface area contributed by atoms with E-state index in [-0.39, 0.29) is 0 Å². The molecule has 3 nitrogen and oxygen atoms in total. The van der Waals surface area contributed by atoms with Gasteiger partial charge in [0.2, 0.25) is 0 Å². The van der Waals surface area contributed by atoms with Crippen LogP contribution in [-0.2, 0) is 6.54 Å². The van der Waals surface area contributed by atoms with Crippen LogP contribution in [0.1, 0.15) is 17.7 Å². The molecule has 0 unspecified atom stereocenters. The highest BCUT2D eigenvalue weighted by Crippen LogP contribution is 2.07. The number of unbranched alkanes of at least 4 members (excludes halogenated alkanes) is 1. The van der Waals surface area contributed by atoms with Crippen LogP contribution in [0.5, 0.6) is 0 Å². The van der Waals surface area contributed by atoms with Crippen molar-refractivity contribution in [2.75, 3.05) is 39.3 Å². The van der Waals surface area contributed by atoms with E-state index in [2.05, 4.69) is 33.0 Å². The van der Waals surface area contributed by atoms with Crippen LogP contribution < -0.4 is 10.6 Å². The Balaban J connectivity index is 1.43. The van der Waals surface area contributed by atoms with Crippen LogP contribution in [0.25, 0.3) is 0 Å². The number of thiophene rings is 1. The van der Waals surface area contributed by atoms with Crippen molar-refractivity contribution in [3.63, 3.8) is 0 Å². The van der Waals surface area contributed by atoms with Gasteiger partial charge in [0.15, 0.2) is 0 Å². The van der Waals surface area contributed by atoms with E-state index >= 15 is 0 Å². The molecular formula is C13H23N3S. The minimum atomic E-state index is 1.03. The van der Waals surface area contributed by atoms with Crippen molar-refractivity contribution in [3.8, 4) is 0 Å². The molecule has 1 fully saturated rings. The molecule has 1 aliphatic heterocycles. The Labute approximate surface area is 108 Å². The maximum atomic E-state index is 3.51. The van der Waals surface area contributed by atoms with Gasteiger partial charge in [-0.05, 0) is 37.4 Å². The molecule has 4 heteroatoms. The van der Waals surface area contributed by atoms with Crippen LogP contribution in [0.15, 0.2) is 17.5 Å². The number of piperazine rings is 1. The second-order valence-electron chi connectivity index (χ2n) is 4.55. The topological polar surface area (TPSA) is 27.3 Å². The third-order valence-electron chi connectivity index (χ3n) is 3.17. The zero-order chi connectivity index (χ0) is 11.8. The molecule has 0 radical (unpaired) electrons. The van der Waals surface area contributed by atoms with E-state index in [1.54, 1.807) is 0 Å². The van der Waals surface area contributed by atoms with E-state index in [0.717, 1.165) is 26.2 Å². The fraction of sp³-hybridized carbons (Fsp3) is 0.692. The second-order valence-corrected chi connectivity index (χ2v) is 5.59. The van der Waals surface area contributed by atoms with Gasteiger partial charge in [-0.25, -0.2) is 0 Å². The SMILES string of the molecule is c1csc(CNCCCCN2CCNCC2)c1. The van der Waals surface area contributed by atoms with E-state index in [4.69, 9.17) is 0 Å². The largest absolute Gasteiger partial charge is 0.314 e. The van der Waals surface area contributed by atoms with Crippen molar-refractivity contribution in [1.29, 1.82) is 0 Å². The van der Waals surface area contributed by atoms with Gasteiger partial charge in [0.1, 0.15) is 0 Å². The minimum absolute atomic E-state index is 1.03. The number of hydrogen-bond donors (Lipinski definition) is 2. The average Bonchev–Trinajstić information content (AvgIpc) is 2.88. The lowest BCUT2D eigenvalue weighted by Crippen LogP contribution is -2.43. The standard InChI is InChI=1S/C13H23N3S/c1(2-8-16-9-6-14-7-10-16)5-15-12-13-4-3-11-17-13/h3-4,11,14-15H,1-2,5-10,12H2. The Morgan fingerprint density at radius 3 is 2.94 bits per heavy atom. The molecule has 0 saturated carbocycles. The molecule has 0 spiro atoms. The number of nitrogens with zero attached hydrogens (tertiary/aromatic N) is 1. The van der Waals surface area contributed by atoms with Crippen LogP contribution in [-0.4, -0.2) is 44.2 Å². The highest BCUT2D eigenvalue weighted by Gasteiger charge is 2.07. The molecule has 2 rings (SSSR count). The Morgan fingerprint density at radius 2 is 2.18 bits per heavy atom. The molecule has 96 valence electrons. The van der Waals surface area contributed by atoms with Crippen molar-refractivity contribution in [2.24, 2.45) is 0 Å². The van der Waals surface area contributed by atoms with Gasteiger partial charge in [-0.1, -0.05) is 6.07 Å². The molecule has 1 aromatic heterocycles. The normalized spacial score (nSPS) is 17.4. The maximum Gasteiger partial charge on any atom is 0.0299 e. The fourth-order valence-corrected chi connectivity index (χ4v) is 2.82. The zero-order valence-electron chi connectivity index (χ0n) is 10.5. The first kappa shape index (κ1) is 13.0. The van der Waals surface area contributed by atoms with Crippen LogP contribution in [0, 0.1) is 0 Å². The predicted octanol–water partition coefficient (Wildman–Crippen LogP) is 1.52. The lowest BCUT2D eigenvalue weighted by atomic mass is 10.2. The summed E-state index contributed by atoms with van der Waals surface area (Å²) in [7, 11) is 0. The van der Waals surface area contributed by atoms with Crippen LogP contribution in [0.2, 0.25) is 0 Å². The first-order valence-corrected chi connectivity index (χ1v) is 7.49. The first-order chi connectivity index (χ1) is 8.45. The second kappa shape index (κ2) is 7.82. The lowest BCUT2D eigenvalue weighted by Gasteiger charge is -2.27. The zero-order valence-corrected chi connectivity index (χ0v) is 11.3. The molecule has 0 aliphatic carbocycles. The highest BCUT2D eigenvalue weighted by atomic mass is 32.1. The van der Waals surface area contributed by atoms with Gasteiger partial charge in [0.05, 0.1) is 0 Å². The van der Waals surface area contributed by atoms with Gasteiger partial charge < -0.3 is 15.5 Å². The van der Waals surface area contributed by atoms with Gasteiger partial charge in [0.25, 0.3) is 0 Å². The van der Waals surface area contributed by atoms with Crippen LogP contribution >= 0.6 is 11.3 Å². The summed E-state index contributed by atoms with van der Waals surface area (Å²) in [4.78, 5) is 4.00. The molecule has 0 aromatic carbocycles. The summed E-state index contributed by atoms with van der Waals surface area (Å²) in [6.07, 6.45) is 2.60. The predicted molar refractivity (Wildman–Crippen MR) is 74.6 cm³/mol. The summed E-state index contributed by atoms with van der Waals surface area (Å²) in [5.74, 6) is 0. The number of hydrogen-bond acceptors (Lipinski definition) is 4. The molecule has 0 atom stereocenters. The third-order valence-corrected chi connectivity index (χ3v) is 4.04. The van der Waals surface area contributed by atoms with Crippen LogP contribution in [0.4, 0.5) is 0 Å². The highest BCUT2D eigenvalue weighted by molar-refractivity contribution is 7.09. The van der Waals surface area contributed by atoms with E-state index in [1.165, 1.54) is 37.4 Å². The minimum Gasteiger partial charge on any atom is -0.314 e. The Hall–Kier alpha value is -0.420. The van der Waals surface area contributed by atoms with Gasteiger partial charge >= 0.3 is 0 Å². The molecule has 2 heterocycles. The van der Waals surface area contributed by atoms with Crippen molar-refractivity contribution < 1.29 is 0 Å². The molecule has 0 amide bonds. The molecule has 17 heavy (non-hydrogen) atoms. The van der Waals surface area contributed by atoms with Gasteiger partial charge in [-0.15, -0.1) is 11.3 Å². The molecule has 0 bridgehead atoms. The summed E-state index contributed by atoms with van der Waals surface area (Å²) in [6.45, 7) is 8.22. The molecular weight excluding hydrogens is 230 g/mol. The van der Waals surface area contributed by atoms with Gasteiger partial charge in [-0.2, -0.15) is 0 Å². The first-order valence-electron chi connectivity index (χ1n) is 6.61. The molecule has 2 N–H and O–H groups in total. The summed E-state index contributed by atoms with van der Waals surface area (Å²) in [5.41, 5.74) is 0. The summed E-state index contributed by atoms with van der Waals surface area (Å²) in [6, 6.07) is 4.31. The van der Waals surface area contributed by atoms with Crippen molar-refractivity contribution >= 4 is 11.3 Å². The quantitative estimate of drug-likeness (QED) is 0.722. The monoisotopic (exact) mass is 253 g/mol. The molecule has 1 aromatic rings. The third kappa shape index (κ3) is 5.17. The number of rotatable bonds is 7.